The van der Waals surface area contributed by atoms with E-state index in [1.807, 2.05) is 40.8 Å². The summed E-state index contributed by atoms with van der Waals surface area (Å²) in [5.74, 6) is -2.86. The molecule has 0 saturated heterocycles. The van der Waals surface area contributed by atoms with Gasteiger partial charge in [-0.15, -0.1) is 0 Å². The van der Waals surface area contributed by atoms with Gasteiger partial charge >= 0.3 is 339 Å². The third kappa shape index (κ3) is 7.70. The second-order valence-electron chi connectivity index (χ2n) is 16.1. The number of hydrogen-bond acceptors (Lipinski definition) is 0. The fourth-order valence-electron chi connectivity index (χ4n) is 8.64. The SMILES string of the molecule is CC(C)C1=Cc2c(-c3cc(C(F)(F)F)cc(C(F)(F)F)c3)cccc2[CH]1[Zr]([Cl])([Cl])([CH]1C(C(C)C)=Cc2c(-c3cc(C(F)(F)F)cc(C(F)(F)F)c3)cccc21)[SiH](C)C. The van der Waals surface area contributed by atoms with Gasteiger partial charge in [-0.05, 0) is 0 Å². The Morgan fingerprint density at radius 1 is 0.500 bits per heavy atom. The summed E-state index contributed by atoms with van der Waals surface area (Å²) in [6.45, 7) is 11.5. The molecule has 311 valence electrons. The van der Waals surface area contributed by atoms with E-state index in [0.717, 1.165) is 11.1 Å². The van der Waals surface area contributed by atoms with E-state index in [9.17, 15) is 52.7 Å². The predicted octanol–water partition coefficient (Wildman–Crippen LogP) is 16.0. The molecule has 0 heterocycles. The number of fused-ring (bicyclic) bond motifs is 2. The van der Waals surface area contributed by atoms with E-state index >= 15 is 0 Å². The van der Waals surface area contributed by atoms with Crippen molar-refractivity contribution in [2.75, 3.05) is 0 Å². The van der Waals surface area contributed by atoms with Gasteiger partial charge in [0.1, 0.15) is 0 Å². The van der Waals surface area contributed by atoms with Gasteiger partial charge in [0.15, 0.2) is 0 Å². The molecule has 2 aliphatic rings. The molecule has 2 unspecified atom stereocenters. The zero-order valence-electron chi connectivity index (χ0n) is 31.8. The van der Waals surface area contributed by atoms with Crippen LogP contribution in [0.3, 0.4) is 0 Å². The predicted molar refractivity (Wildman–Crippen MR) is 205 cm³/mol. The molecule has 4 aromatic carbocycles. The van der Waals surface area contributed by atoms with Crippen LogP contribution in [0.1, 0.15) is 79.5 Å². The molecule has 0 nitrogen and oxygen atoms in total. The summed E-state index contributed by atoms with van der Waals surface area (Å²) in [7, 11) is 16.7. The van der Waals surface area contributed by atoms with E-state index in [4.69, 9.17) is 17.0 Å². The van der Waals surface area contributed by atoms with Crippen LogP contribution in [0.15, 0.2) is 83.9 Å². The Morgan fingerprint density at radius 2 is 0.793 bits per heavy atom. The summed E-state index contributed by atoms with van der Waals surface area (Å²) in [4.78, 5) is 0. The molecule has 0 aliphatic heterocycles. The van der Waals surface area contributed by atoms with Crippen molar-refractivity contribution in [1.29, 1.82) is 0 Å². The molecule has 0 saturated carbocycles. The van der Waals surface area contributed by atoms with Crippen LogP contribution in [0.5, 0.6) is 0 Å². The van der Waals surface area contributed by atoms with Gasteiger partial charge in [-0.1, -0.05) is 0 Å². The molecule has 0 amide bonds. The Balaban J connectivity index is 1.63. The molecular weight excluding hydrogens is 923 g/mol. The third-order valence-electron chi connectivity index (χ3n) is 11.5. The second-order valence-corrected chi connectivity index (χ2v) is 58.6. The van der Waals surface area contributed by atoms with Crippen LogP contribution < -0.4 is 0 Å². The van der Waals surface area contributed by atoms with Crippen molar-refractivity contribution in [3.63, 3.8) is 0 Å². The average Bonchev–Trinajstić information content (AvgIpc) is 3.71. The maximum atomic E-state index is 14.0. The quantitative estimate of drug-likeness (QED) is 0.128. The summed E-state index contributed by atoms with van der Waals surface area (Å²) in [5, 5.41) is 0. The summed E-state index contributed by atoms with van der Waals surface area (Å²) in [6.07, 6.45) is -16.8. The molecule has 2 atom stereocenters. The summed E-state index contributed by atoms with van der Waals surface area (Å²) in [6, 6.07) is 12.3. The number of hydrogen-bond donors (Lipinski definition) is 0. The molecular formula is C42H37Cl2F12SiZr. The molecule has 0 fully saturated rings. The molecule has 2 aliphatic carbocycles. The molecule has 0 radical (unpaired) electrons. The molecule has 0 aromatic heterocycles. The number of rotatable bonds is 7. The van der Waals surface area contributed by atoms with Crippen LogP contribution in [0.25, 0.3) is 34.4 Å². The monoisotopic (exact) mass is 957 g/mol. The van der Waals surface area contributed by atoms with Crippen LogP contribution in [0.4, 0.5) is 52.7 Å². The zero-order chi connectivity index (χ0) is 43.3. The normalized spacial score (nSPS) is 18.4. The zero-order valence-corrected chi connectivity index (χ0v) is 36.9. The first kappa shape index (κ1) is 44.7. The molecule has 0 spiro atoms. The topological polar surface area (TPSA) is 0 Å². The molecule has 58 heavy (non-hydrogen) atoms. The fraction of sp³-hybridized carbons (Fsp3) is 0.333. The first-order chi connectivity index (χ1) is 26.5. The van der Waals surface area contributed by atoms with Gasteiger partial charge in [0, 0.05) is 0 Å². The minimum absolute atomic E-state index is 0.0675. The van der Waals surface area contributed by atoms with Crippen molar-refractivity contribution in [3.8, 4) is 22.3 Å². The number of halogens is 14. The fourth-order valence-corrected chi connectivity index (χ4v) is 40.1. The summed E-state index contributed by atoms with van der Waals surface area (Å²) >= 11 is -5.76. The molecule has 0 bridgehead atoms. The van der Waals surface area contributed by atoms with Crippen molar-refractivity contribution < 1.29 is 68.2 Å². The van der Waals surface area contributed by atoms with E-state index in [2.05, 4.69) is 0 Å². The maximum absolute atomic E-state index is 14.0. The van der Waals surface area contributed by atoms with Gasteiger partial charge in [-0.2, -0.15) is 0 Å². The van der Waals surface area contributed by atoms with E-state index in [1.54, 1.807) is 36.4 Å². The molecule has 4 aromatic rings. The van der Waals surface area contributed by atoms with Crippen molar-refractivity contribution in [2.24, 2.45) is 11.8 Å². The van der Waals surface area contributed by atoms with Crippen LogP contribution in [-0.4, -0.2) is 5.92 Å². The van der Waals surface area contributed by atoms with Crippen molar-refractivity contribution >= 4 is 35.1 Å². The third-order valence-corrected chi connectivity index (χ3v) is 63.2. The second kappa shape index (κ2) is 14.7. The van der Waals surface area contributed by atoms with Crippen LogP contribution in [0, 0.1) is 11.8 Å². The first-order valence-electron chi connectivity index (χ1n) is 18.3. The molecule has 6 rings (SSSR count). The van der Waals surface area contributed by atoms with E-state index < -0.39 is 75.7 Å². The van der Waals surface area contributed by atoms with Crippen LogP contribution >= 0.6 is 17.0 Å². The summed E-state index contributed by atoms with van der Waals surface area (Å²) in [5.41, 5.74) is -2.94. The number of allylic oxidation sites excluding steroid dienone is 2. The van der Waals surface area contributed by atoms with Gasteiger partial charge in [-0.25, -0.2) is 0 Å². The van der Waals surface area contributed by atoms with Gasteiger partial charge in [0.2, 0.25) is 0 Å². The van der Waals surface area contributed by atoms with Gasteiger partial charge < -0.3 is 0 Å². The van der Waals surface area contributed by atoms with Gasteiger partial charge in [0.05, 0.1) is 0 Å². The first-order valence-corrected chi connectivity index (χ1v) is 34.6. The van der Waals surface area contributed by atoms with Gasteiger partial charge in [-0.3, -0.25) is 0 Å². The Bertz CT molecular complexity index is 2130. The Kier molecular flexibility index (Phi) is 11.3. The van der Waals surface area contributed by atoms with Crippen molar-refractivity contribution in [1.82, 2.24) is 0 Å². The van der Waals surface area contributed by atoms with E-state index in [0.29, 0.717) is 46.5 Å². The standard InChI is InChI=1S/2C20H15F6.C2H7Si.2ClH.Zr/c2*1-11(2)13-6-12-4-3-5-17(18(12)9-13)14-7-15(19(21,22)23)10-16(8-14)20(24,25)26;1-3-2;;;/h2*3-11H,1-2H3;3H,1-2H3;2*1H;/q;;;;;+2/p-2. The van der Waals surface area contributed by atoms with Crippen LogP contribution in [0.2, 0.25) is 13.1 Å². The average molecular weight is 960 g/mol. The molecule has 16 heteroatoms. The Labute approximate surface area is 336 Å². The van der Waals surface area contributed by atoms with E-state index in [1.165, 1.54) is 12.1 Å². The van der Waals surface area contributed by atoms with Crippen molar-refractivity contribution in [3.05, 3.63) is 128 Å². The Morgan fingerprint density at radius 3 is 1.03 bits per heavy atom. The minimum atomic E-state index is -5.76. The molecule has 0 N–H and O–H groups in total. The number of benzene rings is 4. The summed E-state index contributed by atoms with van der Waals surface area (Å²) < 4.78 is 167. The van der Waals surface area contributed by atoms with Gasteiger partial charge in [0.25, 0.3) is 0 Å². The van der Waals surface area contributed by atoms with E-state index in [-0.39, 0.29) is 46.2 Å². The Hall–Kier alpha value is -2.80. The van der Waals surface area contributed by atoms with Crippen molar-refractivity contribution in [2.45, 2.75) is 72.7 Å². The van der Waals surface area contributed by atoms with Crippen LogP contribution in [-0.2, 0) is 40.3 Å². The number of alkyl halides is 12.